The number of hydrogen-bond donors (Lipinski definition) is 5. The molecule has 0 saturated carbocycles. The molecule has 0 amide bonds. The van der Waals surface area contributed by atoms with Gasteiger partial charge in [0, 0.05) is 0 Å². The number of nitrogens with two attached hydrogens (primary N) is 2. The summed E-state index contributed by atoms with van der Waals surface area (Å²) in [6, 6.07) is 7.70. The summed E-state index contributed by atoms with van der Waals surface area (Å²) >= 11 is 0. The van der Waals surface area contributed by atoms with Crippen molar-refractivity contribution in [1.29, 1.82) is 0 Å². The molecular formula is C16H26N2O4. The lowest BCUT2D eigenvalue weighted by Crippen LogP contribution is -2.31. The van der Waals surface area contributed by atoms with Gasteiger partial charge in [0.2, 0.25) is 0 Å². The van der Waals surface area contributed by atoms with E-state index in [0.717, 1.165) is 11.1 Å². The summed E-state index contributed by atoms with van der Waals surface area (Å²) in [7, 11) is 0. The Morgan fingerprint density at radius 3 is 2.23 bits per heavy atom. The largest absolute Gasteiger partial charge is 0.480 e. The number of carboxylic acid groups (broad SMARTS) is 1. The Balaban J connectivity index is 0.000000409. The molecule has 0 aliphatic carbocycles. The Morgan fingerprint density at radius 2 is 1.82 bits per heavy atom. The molecule has 0 bridgehead atoms. The Bertz CT molecular complexity index is 462. The fourth-order valence-electron chi connectivity index (χ4n) is 1.55. The van der Waals surface area contributed by atoms with E-state index in [9.17, 15) is 9.90 Å². The van der Waals surface area contributed by atoms with Crippen molar-refractivity contribution in [3.63, 3.8) is 0 Å². The van der Waals surface area contributed by atoms with Crippen LogP contribution in [0.25, 0.3) is 0 Å². The Kier molecular flexibility index (Phi) is 10.1. The molecule has 1 rings (SSSR count). The van der Waals surface area contributed by atoms with Gasteiger partial charge in [-0.3, -0.25) is 4.79 Å². The van der Waals surface area contributed by atoms with Gasteiger partial charge in [-0.1, -0.05) is 42.0 Å². The third-order valence-electron chi connectivity index (χ3n) is 3.11. The number of benzene rings is 1. The van der Waals surface area contributed by atoms with Crippen molar-refractivity contribution < 1.29 is 20.1 Å². The lowest BCUT2D eigenvalue weighted by molar-refractivity contribution is -0.138. The Labute approximate surface area is 131 Å². The predicted octanol–water partition coefficient (Wildman–Crippen LogP) is 0.794. The van der Waals surface area contributed by atoms with Gasteiger partial charge < -0.3 is 26.8 Å². The molecular weight excluding hydrogens is 284 g/mol. The molecule has 6 nitrogen and oxygen atoms in total. The molecule has 7 N–H and O–H groups in total. The van der Waals surface area contributed by atoms with Crippen LogP contribution in [-0.4, -0.2) is 40.0 Å². The lowest BCUT2D eigenvalue weighted by atomic mass is 10.0. The van der Waals surface area contributed by atoms with Crippen LogP contribution in [0.15, 0.2) is 42.0 Å². The SMILES string of the molecule is CC=C(C)C[C@H](N)C(=O)O.NC(CO)[C@@H](O)c1ccccc1. The molecule has 0 aliphatic rings. The molecule has 0 heterocycles. The summed E-state index contributed by atoms with van der Waals surface area (Å²) in [5.74, 6) is -0.943. The van der Waals surface area contributed by atoms with Crippen molar-refractivity contribution in [2.75, 3.05) is 6.61 Å². The second-order valence-electron chi connectivity index (χ2n) is 4.99. The first-order valence-electron chi connectivity index (χ1n) is 7.03. The van der Waals surface area contributed by atoms with E-state index in [1.54, 1.807) is 12.1 Å². The van der Waals surface area contributed by atoms with Gasteiger partial charge in [-0.25, -0.2) is 0 Å². The zero-order valence-corrected chi connectivity index (χ0v) is 13.0. The van der Waals surface area contributed by atoms with E-state index in [1.807, 2.05) is 38.1 Å². The van der Waals surface area contributed by atoms with Gasteiger partial charge in [0.15, 0.2) is 0 Å². The molecule has 1 unspecified atom stereocenters. The lowest BCUT2D eigenvalue weighted by Gasteiger charge is -2.16. The molecule has 0 radical (unpaired) electrons. The van der Waals surface area contributed by atoms with Gasteiger partial charge in [-0.05, 0) is 25.8 Å². The van der Waals surface area contributed by atoms with Crippen molar-refractivity contribution in [3.8, 4) is 0 Å². The van der Waals surface area contributed by atoms with Crippen LogP contribution in [0.4, 0.5) is 0 Å². The molecule has 0 spiro atoms. The van der Waals surface area contributed by atoms with Crippen LogP contribution in [0.3, 0.4) is 0 Å². The standard InChI is InChI=1S/C9H13NO2.C7H13NO2/c10-8(6-11)9(12)7-4-2-1-3-5-7;1-3-5(2)4-6(8)7(9)10/h1-5,8-9,11-12H,6,10H2;3,6H,4,8H2,1-2H3,(H,9,10)/t8?,9-;6-/m00/s1. The van der Waals surface area contributed by atoms with Crippen molar-refractivity contribution in [1.82, 2.24) is 0 Å². The van der Waals surface area contributed by atoms with Gasteiger partial charge in [0.1, 0.15) is 6.04 Å². The highest BCUT2D eigenvalue weighted by molar-refractivity contribution is 5.73. The number of rotatable bonds is 6. The molecule has 22 heavy (non-hydrogen) atoms. The second kappa shape index (κ2) is 10.9. The molecule has 0 saturated heterocycles. The van der Waals surface area contributed by atoms with Gasteiger partial charge in [0.25, 0.3) is 0 Å². The quantitative estimate of drug-likeness (QED) is 0.494. The van der Waals surface area contributed by atoms with Gasteiger partial charge in [-0.2, -0.15) is 0 Å². The average molecular weight is 310 g/mol. The maximum atomic E-state index is 10.2. The molecule has 124 valence electrons. The summed E-state index contributed by atoms with van der Waals surface area (Å²) in [6.07, 6.45) is 1.52. The number of carboxylic acids is 1. The molecule has 6 heteroatoms. The number of carbonyl (C=O) groups is 1. The molecule has 0 aliphatic heterocycles. The summed E-state index contributed by atoms with van der Waals surface area (Å²) in [6.45, 7) is 3.52. The summed E-state index contributed by atoms with van der Waals surface area (Å²) in [5.41, 5.74) is 12.4. The first kappa shape index (κ1) is 20.3. The van der Waals surface area contributed by atoms with Crippen LogP contribution in [0.5, 0.6) is 0 Å². The number of aliphatic hydroxyl groups excluding tert-OH is 2. The molecule has 3 atom stereocenters. The molecule has 1 aromatic carbocycles. The van der Waals surface area contributed by atoms with E-state index < -0.39 is 24.2 Å². The van der Waals surface area contributed by atoms with Gasteiger partial charge in [-0.15, -0.1) is 0 Å². The summed E-state index contributed by atoms with van der Waals surface area (Å²) < 4.78 is 0. The predicted molar refractivity (Wildman–Crippen MR) is 86.1 cm³/mol. The van der Waals surface area contributed by atoms with Gasteiger partial charge >= 0.3 is 5.97 Å². The van der Waals surface area contributed by atoms with Crippen molar-refractivity contribution in [2.24, 2.45) is 11.5 Å². The smallest absolute Gasteiger partial charge is 0.320 e. The molecule has 0 aromatic heterocycles. The van der Waals surface area contributed by atoms with E-state index in [1.165, 1.54) is 0 Å². The molecule has 0 fully saturated rings. The van der Waals surface area contributed by atoms with E-state index in [0.29, 0.717) is 6.42 Å². The second-order valence-corrected chi connectivity index (χ2v) is 4.99. The average Bonchev–Trinajstić information content (AvgIpc) is 2.54. The van der Waals surface area contributed by atoms with Crippen LogP contribution in [0.1, 0.15) is 31.9 Å². The van der Waals surface area contributed by atoms with Crippen molar-refractivity contribution in [3.05, 3.63) is 47.5 Å². The van der Waals surface area contributed by atoms with E-state index in [4.69, 9.17) is 21.7 Å². The van der Waals surface area contributed by atoms with Crippen molar-refractivity contribution >= 4 is 5.97 Å². The third-order valence-corrected chi connectivity index (χ3v) is 3.11. The normalized spacial score (nSPS) is 15.3. The van der Waals surface area contributed by atoms with E-state index in [2.05, 4.69) is 0 Å². The van der Waals surface area contributed by atoms with Crippen LogP contribution >= 0.6 is 0 Å². The van der Waals surface area contributed by atoms with Crippen LogP contribution < -0.4 is 11.5 Å². The minimum Gasteiger partial charge on any atom is -0.480 e. The zero-order valence-electron chi connectivity index (χ0n) is 13.0. The number of allylic oxidation sites excluding steroid dienone is 1. The highest BCUT2D eigenvalue weighted by Gasteiger charge is 2.14. The van der Waals surface area contributed by atoms with Gasteiger partial charge in [0.05, 0.1) is 18.8 Å². The van der Waals surface area contributed by atoms with Crippen LogP contribution in [0, 0.1) is 0 Å². The first-order valence-corrected chi connectivity index (χ1v) is 7.03. The Morgan fingerprint density at radius 1 is 1.27 bits per heavy atom. The zero-order chi connectivity index (χ0) is 17.1. The minimum atomic E-state index is -0.943. The van der Waals surface area contributed by atoms with Crippen LogP contribution in [-0.2, 0) is 4.79 Å². The number of hydrogen-bond acceptors (Lipinski definition) is 5. The topological polar surface area (TPSA) is 130 Å². The maximum absolute atomic E-state index is 10.2. The highest BCUT2D eigenvalue weighted by atomic mass is 16.4. The fourth-order valence-corrected chi connectivity index (χ4v) is 1.55. The molecule has 1 aromatic rings. The Hall–Kier alpha value is -1.73. The van der Waals surface area contributed by atoms with E-state index in [-0.39, 0.29) is 6.61 Å². The van der Waals surface area contributed by atoms with Crippen molar-refractivity contribution in [2.45, 2.75) is 38.5 Å². The number of aliphatic hydroxyl groups is 2. The number of aliphatic carboxylic acids is 1. The van der Waals surface area contributed by atoms with E-state index >= 15 is 0 Å². The highest BCUT2D eigenvalue weighted by Crippen LogP contribution is 2.14. The third kappa shape index (κ3) is 7.90. The first-order chi connectivity index (χ1) is 10.3. The van der Waals surface area contributed by atoms with Crippen LogP contribution in [0.2, 0.25) is 0 Å². The summed E-state index contributed by atoms with van der Waals surface area (Å²) in [4.78, 5) is 10.2. The fraction of sp³-hybridized carbons (Fsp3) is 0.438. The maximum Gasteiger partial charge on any atom is 0.320 e. The monoisotopic (exact) mass is 310 g/mol. The summed E-state index contributed by atoms with van der Waals surface area (Å²) in [5, 5.41) is 26.6. The minimum absolute atomic E-state index is 0.212.